The van der Waals surface area contributed by atoms with Crippen LogP contribution in [0.15, 0.2) is 29.8 Å². The third-order valence-electron chi connectivity index (χ3n) is 3.47. The van der Waals surface area contributed by atoms with Crippen molar-refractivity contribution in [2.24, 2.45) is 0 Å². The van der Waals surface area contributed by atoms with Crippen LogP contribution in [0.5, 0.6) is 0 Å². The van der Waals surface area contributed by atoms with Crippen LogP contribution >= 0.6 is 0 Å². The molecule has 21 heavy (non-hydrogen) atoms. The van der Waals surface area contributed by atoms with E-state index in [0.29, 0.717) is 5.56 Å². The van der Waals surface area contributed by atoms with Crippen LogP contribution < -0.4 is 5.32 Å². The molecule has 0 radical (unpaired) electrons. The fourth-order valence-corrected chi connectivity index (χ4v) is 2.34. The molecule has 0 saturated heterocycles. The predicted octanol–water partition coefficient (Wildman–Crippen LogP) is 2.56. The maximum Gasteiger partial charge on any atom is 0.269 e. The van der Waals surface area contributed by atoms with Gasteiger partial charge < -0.3 is 5.32 Å². The number of nitrogens with zero attached hydrogens (tertiary/aromatic N) is 2. The number of non-ortho nitro benzene ring substituents is 1. The fraction of sp³-hybridized carbons (Fsp3) is 0.333. The molecule has 1 fully saturated rings. The van der Waals surface area contributed by atoms with Gasteiger partial charge in [0.05, 0.1) is 4.92 Å². The largest absolute Gasteiger partial charge is 0.349 e. The lowest BCUT2D eigenvalue weighted by molar-refractivity contribution is -0.384. The molecular weight excluding hydrogens is 270 g/mol. The summed E-state index contributed by atoms with van der Waals surface area (Å²) in [5, 5.41) is 22.5. The second kappa shape index (κ2) is 6.66. The summed E-state index contributed by atoms with van der Waals surface area (Å²) in [6.45, 7) is 0. The molecule has 1 aromatic rings. The first-order valence-electron chi connectivity index (χ1n) is 6.77. The molecular formula is C15H15N3O3. The Morgan fingerprint density at radius 3 is 2.48 bits per heavy atom. The molecule has 0 aromatic heterocycles. The Morgan fingerprint density at radius 1 is 1.33 bits per heavy atom. The molecule has 1 aliphatic carbocycles. The minimum atomic E-state index is -0.495. The van der Waals surface area contributed by atoms with Crippen LogP contribution in [0.2, 0.25) is 0 Å². The molecule has 1 saturated carbocycles. The summed E-state index contributed by atoms with van der Waals surface area (Å²) < 4.78 is 0. The van der Waals surface area contributed by atoms with Crippen molar-refractivity contribution < 1.29 is 9.72 Å². The van der Waals surface area contributed by atoms with Gasteiger partial charge in [0.2, 0.25) is 0 Å². The Balaban J connectivity index is 2.10. The fourth-order valence-electron chi connectivity index (χ4n) is 2.34. The van der Waals surface area contributed by atoms with Gasteiger partial charge in [-0.1, -0.05) is 12.8 Å². The van der Waals surface area contributed by atoms with Gasteiger partial charge in [-0.25, -0.2) is 0 Å². The number of nitrogens with one attached hydrogen (secondary N) is 1. The zero-order valence-corrected chi connectivity index (χ0v) is 11.4. The SMILES string of the molecule is N#C/C(=C\c1ccc([N+](=O)[O-])cc1)C(=O)NC1CCCC1. The molecule has 2 rings (SSSR count). The van der Waals surface area contributed by atoms with Gasteiger partial charge in [-0.15, -0.1) is 0 Å². The lowest BCUT2D eigenvalue weighted by atomic mass is 10.1. The van der Waals surface area contributed by atoms with E-state index < -0.39 is 4.92 Å². The molecule has 0 unspecified atom stereocenters. The molecule has 0 aliphatic heterocycles. The second-order valence-electron chi connectivity index (χ2n) is 4.97. The number of nitro groups is 1. The van der Waals surface area contributed by atoms with Crippen molar-refractivity contribution in [3.05, 3.63) is 45.5 Å². The van der Waals surface area contributed by atoms with E-state index in [-0.39, 0.29) is 23.2 Å². The molecule has 0 atom stereocenters. The van der Waals surface area contributed by atoms with E-state index in [1.165, 1.54) is 30.3 Å². The third kappa shape index (κ3) is 3.89. The van der Waals surface area contributed by atoms with Crippen molar-refractivity contribution in [2.45, 2.75) is 31.7 Å². The van der Waals surface area contributed by atoms with Gasteiger partial charge in [0, 0.05) is 18.2 Å². The summed E-state index contributed by atoms with van der Waals surface area (Å²) in [6.07, 6.45) is 5.52. The Morgan fingerprint density at radius 2 is 1.95 bits per heavy atom. The van der Waals surface area contributed by atoms with E-state index in [2.05, 4.69) is 5.32 Å². The lowest BCUT2D eigenvalue weighted by Gasteiger charge is -2.10. The Bertz CT molecular complexity index is 608. The number of carbonyl (C=O) groups excluding carboxylic acids is 1. The number of amides is 1. The molecule has 108 valence electrons. The number of rotatable bonds is 4. The Hall–Kier alpha value is -2.68. The molecule has 1 aromatic carbocycles. The number of benzene rings is 1. The first-order valence-corrected chi connectivity index (χ1v) is 6.77. The zero-order chi connectivity index (χ0) is 15.2. The summed E-state index contributed by atoms with van der Waals surface area (Å²) in [5.74, 6) is -0.386. The first kappa shape index (κ1) is 14.7. The highest BCUT2D eigenvalue weighted by Gasteiger charge is 2.19. The minimum absolute atomic E-state index is 0.00996. The van der Waals surface area contributed by atoms with Crippen LogP contribution in [0, 0.1) is 21.4 Å². The molecule has 1 N–H and O–H groups in total. The average molecular weight is 285 g/mol. The van der Waals surface area contributed by atoms with Crippen molar-refractivity contribution in [1.82, 2.24) is 5.32 Å². The molecule has 0 spiro atoms. The number of nitro benzene ring substituents is 1. The van der Waals surface area contributed by atoms with Crippen LogP contribution in [0.3, 0.4) is 0 Å². The Kier molecular flexibility index (Phi) is 4.67. The molecule has 1 amide bonds. The number of hydrogen-bond donors (Lipinski definition) is 1. The molecule has 6 heteroatoms. The van der Waals surface area contributed by atoms with Crippen molar-refractivity contribution in [3.8, 4) is 6.07 Å². The standard InChI is InChI=1S/C15H15N3O3/c16-10-12(15(19)17-13-3-1-2-4-13)9-11-5-7-14(8-6-11)18(20)21/h5-9,13H,1-4H2,(H,17,19)/b12-9+. The van der Waals surface area contributed by atoms with Crippen molar-refractivity contribution >= 4 is 17.7 Å². The second-order valence-corrected chi connectivity index (χ2v) is 4.97. The van der Waals surface area contributed by atoms with Crippen LogP contribution in [0.4, 0.5) is 5.69 Å². The summed E-state index contributed by atoms with van der Waals surface area (Å²) >= 11 is 0. The van der Waals surface area contributed by atoms with Gasteiger partial charge in [-0.05, 0) is 36.6 Å². The maximum atomic E-state index is 12.0. The predicted molar refractivity (Wildman–Crippen MR) is 77.1 cm³/mol. The maximum absolute atomic E-state index is 12.0. The van der Waals surface area contributed by atoms with Gasteiger partial charge in [0.25, 0.3) is 11.6 Å². The van der Waals surface area contributed by atoms with Crippen LogP contribution in [0.25, 0.3) is 6.08 Å². The van der Waals surface area contributed by atoms with E-state index in [1.807, 2.05) is 6.07 Å². The first-order chi connectivity index (χ1) is 10.1. The molecule has 1 aliphatic rings. The summed E-state index contributed by atoms with van der Waals surface area (Å²) in [4.78, 5) is 22.1. The lowest BCUT2D eigenvalue weighted by Crippen LogP contribution is -2.33. The number of hydrogen-bond acceptors (Lipinski definition) is 4. The van der Waals surface area contributed by atoms with Crippen molar-refractivity contribution in [2.75, 3.05) is 0 Å². The summed E-state index contributed by atoms with van der Waals surface area (Å²) in [5.41, 5.74) is 0.565. The van der Waals surface area contributed by atoms with E-state index in [1.54, 1.807) is 0 Å². The highest BCUT2D eigenvalue weighted by atomic mass is 16.6. The average Bonchev–Trinajstić information content (AvgIpc) is 2.98. The molecule has 0 heterocycles. The summed E-state index contributed by atoms with van der Waals surface area (Å²) in [6, 6.07) is 7.73. The quantitative estimate of drug-likeness (QED) is 0.398. The molecule has 0 bridgehead atoms. The van der Waals surface area contributed by atoms with Crippen LogP contribution in [-0.2, 0) is 4.79 Å². The molecule has 6 nitrogen and oxygen atoms in total. The smallest absolute Gasteiger partial charge is 0.269 e. The number of carbonyl (C=O) groups is 1. The van der Waals surface area contributed by atoms with Crippen LogP contribution in [-0.4, -0.2) is 16.9 Å². The van der Waals surface area contributed by atoms with E-state index >= 15 is 0 Å². The summed E-state index contributed by atoms with van der Waals surface area (Å²) in [7, 11) is 0. The van der Waals surface area contributed by atoms with Crippen LogP contribution in [0.1, 0.15) is 31.2 Å². The van der Waals surface area contributed by atoms with E-state index in [9.17, 15) is 14.9 Å². The zero-order valence-electron chi connectivity index (χ0n) is 11.4. The normalized spacial score (nSPS) is 15.5. The highest BCUT2D eigenvalue weighted by molar-refractivity contribution is 6.01. The van der Waals surface area contributed by atoms with Gasteiger partial charge >= 0.3 is 0 Å². The minimum Gasteiger partial charge on any atom is -0.349 e. The van der Waals surface area contributed by atoms with E-state index in [0.717, 1.165) is 25.7 Å². The topological polar surface area (TPSA) is 96.0 Å². The van der Waals surface area contributed by atoms with Crippen molar-refractivity contribution in [3.63, 3.8) is 0 Å². The Labute approximate surface area is 122 Å². The van der Waals surface area contributed by atoms with E-state index in [4.69, 9.17) is 5.26 Å². The highest BCUT2D eigenvalue weighted by Crippen LogP contribution is 2.18. The van der Waals surface area contributed by atoms with Gasteiger partial charge in [0.15, 0.2) is 0 Å². The third-order valence-corrected chi connectivity index (χ3v) is 3.47. The monoisotopic (exact) mass is 285 g/mol. The number of nitriles is 1. The van der Waals surface area contributed by atoms with Gasteiger partial charge in [0.1, 0.15) is 11.6 Å². The van der Waals surface area contributed by atoms with Gasteiger partial charge in [-0.3, -0.25) is 14.9 Å². The van der Waals surface area contributed by atoms with Gasteiger partial charge in [-0.2, -0.15) is 5.26 Å². The van der Waals surface area contributed by atoms with Crippen molar-refractivity contribution in [1.29, 1.82) is 5.26 Å².